The highest BCUT2D eigenvalue weighted by Crippen LogP contribution is 2.35. The number of benzene rings is 1. The number of fused-ring (bicyclic) bond motifs is 1. The standard InChI is InChI=1S/C14H13N3O4/c1-14(6-5-9(18)16-13(14)21)17-11(19)7-3-2-4-8(15)10(7)12(17)20/h2-4H,5-6,15H2,1H3,(H,16,18,21)/i1D3,2D,3D,4D. The zero-order chi connectivity index (χ0) is 20.5. The van der Waals surface area contributed by atoms with Crippen LogP contribution in [0.15, 0.2) is 18.1 Å². The third kappa shape index (κ3) is 1.67. The molecule has 1 saturated heterocycles. The maximum absolute atomic E-state index is 12.9. The monoisotopic (exact) mass is 293 g/mol. The molecule has 2 aliphatic heterocycles. The molecule has 108 valence electrons. The average molecular weight is 293 g/mol. The Labute approximate surface area is 128 Å². The minimum atomic E-state index is -3.18. The highest BCUT2D eigenvalue weighted by atomic mass is 16.2. The summed E-state index contributed by atoms with van der Waals surface area (Å²) < 4.78 is 46.6. The molecule has 21 heavy (non-hydrogen) atoms. The fourth-order valence-corrected chi connectivity index (χ4v) is 2.38. The summed E-state index contributed by atoms with van der Waals surface area (Å²) >= 11 is 0. The van der Waals surface area contributed by atoms with E-state index >= 15 is 0 Å². The number of carbonyl (C=O) groups is 4. The van der Waals surface area contributed by atoms with Crippen molar-refractivity contribution in [1.82, 2.24) is 10.2 Å². The van der Waals surface area contributed by atoms with E-state index in [2.05, 4.69) is 0 Å². The molecule has 0 saturated carbocycles. The van der Waals surface area contributed by atoms with E-state index in [0.29, 0.717) is 0 Å². The lowest BCUT2D eigenvalue weighted by atomic mass is 9.89. The van der Waals surface area contributed by atoms with Gasteiger partial charge in [0.1, 0.15) is 5.54 Å². The van der Waals surface area contributed by atoms with E-state index in [9.17, 15) is 19.2 Å². The predicted molar refractivity (Wildman–Crippen MR) is 72.1 cm³/mol. The van der Waals surface area contributed by atoms with Crippen molar-refractivity contribution in [3.63, 3.8) is 0 Å². The molecule has 1 unspecified atom stereocenters. The molecule has 0 radical (unpaired) electrons. The van der Waals surface area contributed by atoms with Gasteiger partial charge in [-0.1, -0.05) is 6.04 Å². The van der Waals surface area contributed by atoms with E-state index in [1.165, 1.54) is 0 Å². The summed E-state index contributed by atoms with van der Waals surface area (Å²) in [6.45, 7) is -3.18. The maximum Gasteiger partial charge on any atom is 0.264 e. The second-order valence-electron chi connectivity index (χ2n) is 4.72. The van der Waals surface area contributed by atoms with Crippen LogP contribution in [0.2, 0.25) is 0 Å². The highest BCUT2D eigenvalue weighted by Gasteiger charge is 2.53. The Hall–Kier alpha value is -2.70. The van der Waals surface area contributed by atoms with Gasteiger partial charge in [-0.05, 0) is 25.4 Å². The van der Waals surface area contributed by atoms with E-state index in [1.807, 2.05) is 5.32 Å². The van der Waals surface area contributed by atoms with Gasteiger partial charge >= 0.3 is 0 Å². The number of nitrogens with one attached hydrogen (secondary N) is 1. The normalized spacial score (nSPS) is 29.8. The van der Waals surface area contributed by atoms with E-state index in [0.717, 1.165) is 0 Å². The average Bonchev–Trinajstić information content (AvgIpc) is 2.82. The number of hydrogen-bond acceptors (Lipinski definition) is 5. The molecule has 3 rings (SSSR count). The van der Waals surface area contributed by atoms with Gasteiger partial charge in [-0.15, -0.1) is 0 Å². The Morgan fingerprint density at radius 2 is 2.10 bits per heavy atom. The van der Waals surface area contributed by atoms with Crippen molar-refractivity contribution in [3.05, 3.63) is 29.3 Å². The highest BCUT2D eigenvalue weighted by molar-refractivity contribution is 6.26. The Kier molecular flexibility index (Phi) is 1.56. The SMILES string of the molecule is [2H]c1c([2H])c(N)c2c(c1[2H])C(=O)N(C1(C([2H])([2H])[2H])CCC(=O)NC1=O)C2=O. The largest absolute Gasteiger partial charge is 0.398 e. The van der Waals surface area contributed by atoms with Crippen LogP contribution in [0.3, 0.4) is 0 Å². The smallest absolute Gasteiger partial charge is 0.264 e. The molecule has 1 aromatic rings. The lowest BCUT2D eigenvalue weighted by Gasteiger charge is -2.38. The summed E-state index contributed by atoms with van der Waals surface area (Å²) in [5.74, 6) is -4.62. The summed E-state index contributed by atoms with van der Waals surface area (Å²) in [4.78, 5) is 50.0. The summed E-state index contributed by atoms with van der Waals surface area (Å²) in [6.07, 6.45) is -1.05. The number of imide groups is 2. The quantitative estimate of drug-likeness (QED) is 0.562. The predicted octanol–water partition coefficient (Wildman–Crippen LogP) is 0.0601. The Bertz CT molecular complexity index is 897. The van der Waals surface area contributed by atoms with E-state index in [1.54, 1.807) is 0 Å². The van der Waals surface area contributed by atoms with Gasteiger partial charge in [-0.3, -0.25) is 29.4 Å². The van der Waals surface area contributed by atoms with Crippen molar-refractivity contribution >= 4 is 29.3 Å². The molecule has 2 aliphatic rings. The molecule has 1 aromatic carbocycles. The van der Waals surface area contributed by atoms with Gasteiger partial charge in [0.05, 0.1) is 15.2 Å². The second kappa shape index (κ2) is 4.15. The van der Waals surface area contributed by atoms with Crippen LogP contribution in [0.4, 0.5) is 5.69 Å². The van der Waals surface area contributed by atoms with Crippen molar-refractivity contribution in [2.45, 2.75) is 25.2 Å². The number of nitrogens with zero attached hydrogens (tertiary/aromatic N) is 1. The maximum atomic E-state index is 12.9. The van der Waals surface area contributed by atoms with Gasteiger partial charge in [0, 0.05) is 16.2 Å². The molecule has 3 N–H and O–H groups in total. The molecule has 0 aromatic heterocycles. The molecular weight excluding hydrogens is 274 g/mol. The molecule has 7 nitrogen and oxygen atoms in total. The zero-order valence-corrected chi connectivity index (χ0v) is 10.6. The Morgan fingerprint density at radius 3 is 2.76 bits per heavy atom. The van der Waals surface area contributed by atoms with Gasteiger partial charge in [0.15, 0.2) is 0 Å². The van der Waals surface area contributed by atoms with Crippen LogP contribution in [0.5, 0.6) is 0 Å². The fourth-order valence-electron chi connectivity index (χ4n) is 2.38. The lowest BCUT2D eigenvalue weighted by Crippen LogP contribution is -2.62. The lowest BCUT2D eigenvalue weighted by molar-refractivity contribution is -0.140. The number of hydrogen-bond donors (Lipinski definition) is 2. The van der Waals surface area contributed by atoms with Crippen LogP contribution in [0, 0.1) is 0 Å². The molecule has 0 spiro atoms. The third-order valence-corrected chi connectivity index (χ3v) is 3.46. The van der Waals surface area contributed by atoms with Crippen LogP contribution in [-0.4, -0.2) is 34.1 Å². The van der Waals surface area contributed by atoms with Gasteiger partial charge in [0.2, 0.25) is 5.91 Å². The molecule has 4 amide bonds. The number of nitrogen functional groups attached to an aromatic ring is 1. The number of rotatable bonds is 1. The van der Waals surface area contributed by atoms with E-state index in [4.69, 9.17) is 14.0 Å². The summed E-state index contributed by atoms with van der Waals surface area (Å²) in [7, 11) is 0. The molecule has 0 aliphatic carbocycles. The van der Waals surface area contributed by atoms with Crippen LogP contribution in [-0.2, 0) is 9.59 Å². The number of nitrogens with two attached hydrogens (primary N) is 1. The first kappa shape index (κ1) is 7.92. The first-order chi connectivity index (χ1) is 12.4. The van der Waals surface area contributed by atoms with Crippen LogP contribution >= 0.6 is 0 Å². The summed E-state index contributed by atoms with van der Waals surface area (Å²) in [6, 6.07) is -2.13. The van der Waals surface area contributed by atoms with Crippen molar-refractivity contribution in [2.24, 2.45) is 0 Å². The van der Waals surface area contributed by atoms with Gasteiger partial charge in [-0.25, -0.2) is 0 Å². The number of anilines is 1. The molecular formula is C14H13N3O4. The van der Waals surface area contributed by atoms with Crippen molar-refractivity contribution in [3.8, 4) is 0 Å². The van der Waals surface area contributed by atoms with Gasteiger partial charge in [0.25, 0.3) is 17.7 Å². The second-order valence-corrected chi connectivity index (χ2v) is 4.72. The summed E-state index contributed by atoms with van der Waals surface area (Å²) in [5, 5.41) is 1.84. The first-order valence-electron chi connectivity index (χ1n) is 8.98. The minimum Gasteiger partial charge on any atom is -0.398 e. The van der Waals surface area contributed by atoms with Crippen molar-refractivity contribution in [1.29, 1.82) is 0 Å². The molecule has 1 atom stereocenters. The van der Waals surface area contributed by atoms with Crippen LogP contribution in [0.25, 0.3) is 0 Å². The molecule has 0 bridgehead atoms. The number of amides is 4. The zero-order valence-electron chi connectivity index (χ0n) is 16.6. The Balaban J connectivity index is 2.29. The van der Waals surface area contributed by atoms with Crippen molar-refractivity contribution in [2.75, 3.05) is 5.73 Å². The van der Waals surface area contributed by atoms with Gasteiger partial charge < -0.3 is 5.73 Å². The fraction of sp³-hybridized carbons (Fsp3) is 0.286. The third-order valence-electron chi connectivity index (χ3n) is 3.46. The van der Waals surface area contributed by atoms with Crippen LogP contribution in [0.1, 0.15) is 48.6 Å². The first-order valence-corrected chi connectivity index (χ1v) is 5.98. The van der Waals surface area contributed by atoms with Crippen molar-refractivity contribution < 1.29 is 27.4 Å². The Morgan fingerprint density at radius 1 is 1.33 bits per heavy atom. The topological polar surface area (TPSA) is 110 Å². The molecule has 7 heteroatoms. The van der Waals surface area contributed by atoms with E-state index < -0.39 is 83.8 Å². The summed E-state index contributed by atoms with van der Waals surface area (Å²) in [5.41, 5.74) is 1.23. The molecule has 2 heterocycles. The van der Waals surface area contributed by atoms with Gasteiger partial charge in [-0.2, -0.15) is 0 Å². The van der Waals surface area contributed by atoms with E-state index in [-0.39, 0.29) is 4.90 Å². The number of piperidine rings is 1. The minimum absolute atomic E-state index is 0.194. The number of carbonyl (C=O) groups excluding carboxylic acids is 4. The van der Waals surface area contributed by atoms with Crippen LogP contribution < -0.4 is 11.1 Å². The molecule has 1 fully saturated rings.